The van der Waals surface area contributed by atoms with E-state index in [-0.39, 0.29) is 0 Å². The van der Waals surface area contributed by atoms with Crippen LogP contribution in [0.15, 0.2) is 0 Å². The second-order valence-electron chi connectivity index (χ2n) is 33.0. The second kappa shape index (κ2) is 57.4. The normalized spacial score (nSPS) is 24.0. The van der Waals surface area contributed by atoms with E-state index >= 15 is 0 Å². The molecule has 18 nitrogen and oxygen atoms in total. The monoisotopic (exact) mass is 1710 g/mol. The van der Waals surface area contributed by atoms with Gasteiger partial charge in [0.15, 0.2) is 0 Å². The SMILES string of the molecule is CCCCCCCC[Si]1(C)O[Si](C)(CCC)O[Si](C)(CCCCCCCC)O[Si](C)(CCCCCCCC)O1.CCC[Si](C)(O)O.CCC[Si](C)(O)O[Si](C)(CCC)O[Si](C)(CCC)O[Si](C)(O)CCC.CCC[Si](C)(O)O[Si](C)(CCC)O[Si](C)(O)CCC.CCC[Si](C)(O)O[Si](C)(O)CCC. The molecule has 1 fully saturated rings. The third kappa shape index (κ3) is 61.4. The summed E-state index contributed by atoms with van der Waals surface area (Å²) in [6.45, 7) is 57.7. The van der Waals surface area contributed by atoms with Gasteiger partial charge in [0.05, 0.1) is 0 Å². The molecule has 1 aliphatic rings. The lowest BCUT2D eigenvalue weighted by Crippen LogP contribution is -2.67. The van der Waals surface area contributed by atoms with Crippen molar-refractivity contribution in [3.63, 3.8) is 0 Å². The molecule has 1 aliphatic heterocycles. The molecule has 0 radical (unpaired) electrons. The summed E-state index contributed by atoms with van der Waals surface area (Å²) >= 11 is 0. The van der Waals surface area contributed by atoms with E-state index in [0.29, 0.717) is 18.1 Å². The van der Waals surface area contributed by atoms with Crippen LogP contribution in [0.1, 0.15) is 283 Å². The van der Waals surface area contributed by atoms with E-state index in [0.717, 1.165) is 137 Å². The fourth-order valence-electron chi connectivity index (χ4n) is 14.5. The first-order valence-electron chi connectivity index (χ1n) is 42.2. The van der Waals surface area contributed by atoms with Crippen LogP contribution < -0.4 is 0 Å². The minimum Gasteiger partial charge on any atom is -0.416 e. The quantitative estimate of drug-likeness (QED) is 0.0208. The fourth-order valence-corrected chi connectivity index (χ4v) is 76.3. The van der Waals surface area contributed by atoms with Gasteiger partial charge in [0.1, 0.15) is 0 Å². The van der Waals surface area contributed by atoms with Gasteiger partial charge in [-0.05, 0) is 176 Å². The van der Waals surface area contributed by atoms with Crippen LogP contribution in [0.3, 0.4) is 0 Å². The summed E-state index contributed by atoms with van der Waals surface area (Å²) in [4.78, 5) is 79.4. The summed E-state index contributed by atoms with van der Waals surface area (Å²) in [5.74, 6) is 0. The van der Waals surface area contributed by atoms with Crippen LogP contribution >= 0.6 is 0 Å². The summed E-state index contributed by atoms with van der Waals surface area (Å²) in [5, 5.41) is 0. The molecule has 0 spiro atoms. The molecule has 10 atom stereocenters. The Morgan fingerprint density at radius 2 is 0.388 bits per heavy atom. The van der Waals surface area contributed by atoms with Gasteiger partial charge in [-0.3, -0.25) is 0 Å². The molecule has 0 saturated carbocycles. The van der Waals surface area contributed by atoms with Crippen molar-refractivity contribution in [2.75, 3.05) is 0 Å². The van der Waals surface area contributed by atoms with Gasteiger partial charge in [-0.15, -0.1) is 0 Å². The standard InChI is InChI=1S/C31H70O4Si4.C16H42O5Si4.C12H32O4Si3.C8H22O3Si2.C4H12O2Si/c1-9-13-16-19-22-25-29-37(6)32-36(5,28-12-4)33-38(7,30-26-23-20-17-14-10-2)35-39(8,34-37)31-27-24-21-18-15-11-3;1-9-13-22(5,17)19-24(7,15-11-3)21-25(8,16-12-4)20-23(6,18)14-10-2;1-7-10-17(4,13)15-19(6,12-9-3)16-18(5,14)11-8-2;1-5-7-12(3,9)11-13(4,10)8-6-2;1-3-4-7(2,5)6/h9-31H2,1-8H3;17-18H,9-16H2,1-8H3;13-14H,7-12H2,1-6H3;9-10H,5-8H2,1-4H3;5-6H,3-4H2,1-2H3. The molecule has 626 valence electrons. The molecule has 0 bridgehead atoms. The summed E-state index contributed by atoms with van der Waals surface area (Å²) in [6, 6.07) is 11.7. The van der Waals surface area contributed by atoms with Crippen molar-refractivity contribution in [1.29, 1.82) is 0 Å². The van der Waals surface area contributed by atoms with E-state index in [1.807, 2.05) is 67.4 Å². The Labute approximate surface area is 654 Å². The van der Waals surface area contributed by atoms with E-state index < -0.39 is 120 Å². The van der Waals surface area contributed by atoms with Gasteiger partial charge in [0, 0.05) is 0 Å². The summed E-state index contributed by atoms with van der Waals surface area (Å²) in [5.41, 5.74) is 0. The van der Waals surface area contributed by atoms with Crippen molar-refractivity contribution in [1.82, 2.24) is 0 Å². The Bertz CT molecular complexity index is 1930. The molecule has 1 saturated heterocycles. The van der Waals surface area contributed by atoms with Crippen molar-refractivity contribution in [2.24, 2.45) is 0 Å². The van der Waals surface area contributed by atoms with Crippen LogP contribution in [0.2, 0.25) is 176 Å². The molecular formula is C71H178O18Si14. The molecule has 103 heavy (non-hydrogen) atoms. The smallest absolute Gasteiger partial charge is 0.329 e. The van der Waals surface area contributed by atoms with E-state index in [1.165, 1.54) is 122 Å². The molecule has 0 aromatic heterocycles. The second-order valence-corrected chi connectivity index (χ2v) is 80.6. The summed E-state index contributed by atoms with van der Waals surface area (Å²) in [6.07, 6.45) is 33.9. The zero-order chi connectivity index (χ0) is 80.5. The first kappa shape index (κ1) is 112. The lowest BCUT2D eigenvalue weighted by molar-refractivity contribution is 0.219. The number of unbranched alkanes of at least 4 members (excludes halogenated alkanes) is 15. The average molecular weight is 1710 g/mol. The Morgan fingerprint density at radius 3 is 0.573 bits per heavy atom. The number of hydrogen-bond donors (Lipinski definition) is 8. The lowest BCUT2D eigenvalue weighted by atomic mass is 10.1. The highest BCUT2D eigenvalue weighted by Gasteiger charge is 2.57. The molecular weight excluding hydrogens is 1530 g/mol. The Morgan fingerprint density at radius 1 is 0.204 bits per heavy atom. The molecule has 0 aromatic carbocycles. The first-order valence-corrected chi connectivity index (χ1v) is 77.9. The lowest BCUT2D eigenvalue weighted by Gasteiger charge is -2.50. The largest absolute Gasteiger partial charge is 0.416 e. The molecule has 10 unspecified atom stereocenters. The molecule has 1 heterocycles. The predicted molar refractivity (Wildman–Crippen MR) is 472 cm³/mol. The van der Waals surface area contributed by atoms with Crippen LogP contribution in [0.25, 0.3) is 0 Å². The van der Waals surface area contributed by atoms with Crippen molar-refractivity contribution < 1.29 is 79.5 Å². The summed E-state index contributed by atoms with van der Waals surface area (Å²) in [7, 11) is -35.7. The van der Waals surface area contributed by atoms with Gasteiger partial charge in [0.2, 0.25) is 0 Å². The molecule has 8 N–H and O–H groups in total. The molecule has 1 rings (SSSR count). The van der Waals surface area contributed by atoms with E-state index in [1.54, 1.807) is 13.1 Å². The van der Waals surface area contributed by atoms with Crippen LogP contribution in [0, 0.1) is 0 Å². The van der Waals surface area contributed by atoms with Gasteiger partial charge >= 0.3 is 120 Å². The Balaban J connectivity index is -0.000000657. The zero-order valence-corrected chi connectivity index (χ0v) is 87.1. The van der Waals surface area contributed by atoms with Gasteiger partial charge in [-0.2, -0.15) is 0 Å². The van der Waals surface area contributed by atoms with Gasteiger partial charge < -0.3 is 79.5 Å². The van der Waals surface area contributed by atoms with Crippen LogP contribution in [-0.4, -0.2) is 158 Å². The van der Waals surface area contributed by atoms with Gasteiger partial charge in [-0.25, -0.2) is 0 Å². The third-order valence-electron chi connectivity index (χ3n) is 18.1. The molecule has 0 aliphatic carbocycles. The van der Waals surface area contributed by atoms with Crippen LogP contribution in [-0.2, 0) is 41.2 Å². The number of hydrogen-bond acceptors (Lipinski definition) is 18. The maximum Gasteiger partial charge on any atom is 0.329 e. The highest BCUT2D eigenvalue weighted by atomic mass is 28.5. The maximum absolute atomic E-state index is 10.7. The van der Waals surface area contributed by atoms with E-state index in [2.05, 4.69) is 102 Å². The highest BCUT2D eigenvalue weighted by Crippen LogP contribution is 2.40. The van der Waals surface area contributed by atoms with Gasteiger partial charge in [-0.1, -0.05) is 283 Å². The third-order valence-corrected chi connectivity index (χ3v) is 72.3. The minimum absolute atomic E-state index is 0.590. The molecule has 0 amide bonds. The maximum atomic E-state index is 10.7. The Hall–Kier alpha value is 2.32. The minimum atomic E-state index is -2.72. The molecule has 0 aromatic rings. The average Bonchev–Trinajstić information content (AvgIpc) is 0.771. The van der Waals surface area contributed by atoms with Gasteiger partial charge in [0.25, 0.3) is 0 Å². The zero-order valence-electron chi connectivity index (χ0n) is 73.1. The van der Waals surface area contributed by atoms with E-state index in [9.17, 15) is 28.8 Å². The van der Waals surface area contributed by atoms with Crippen molar-refractivity contribution >= 4 is 120 Å². The molecule has 32 heteroatoms. The van der Waals surface area contributed by atoms with Crippen molar-refractivity contribution in [3.05, 3.63) is 0 Å². The van der Waals surface area contributed by atoms with Crippen molar-refractivity contribution in [3.8, 4) is 0 Å². The van der Waals surface area contributed by atoms with Crippen LogP contribution in [0.4, 0.5) is 0 Å². The topological polar surface area (TPSA) is 254 Å². The fraction of sp³-hybridized carbons (Fsp3) is 1.00. The Kier molecular flexibility index (Phi) is 62.2. The summed E-state index contributed by atoms with van der Waals surface area (Å²) < 4.78 is 66.2. The first-order chi connectivity index (χ1) is 47.4. The number of rotatable bonds is 55. The predicted octanol–water partition coefficient (Wildman–Crippen LogP) is 22.6. The van der Waals surface area contributed by atoms with Crippen LogP contribution in [0.5, 0.6) is 0 Å². The van der Waals surface area contributed by atoms with Crippen molar-refractivity contribution in [2.45, 2.75) is 459 Å². The van der Waals surface area contributed by atoms with E-state index in [4.69, 9.17) is 50.7 Å². The highest BCUT2D eigenvalue weighted by molar-refractivity contribution is 6.94.